The van der Waals surface area contributed by atoms with Crippen LogP contribution < -0.4 is 0 Å². The molecule has 3 nitrogen and oxygen atoms in total. The molecule has 2 rings (SSSR count). The van der Waals surface area contributed by atoms with Crippen LogP contribution in [0.15, 0.2) is 0 Å². The Balaban J connectivity index is 0.000000741. The highest BCUT2D eigenvalue weighted by Crippen LogP contribution is 2.36. The summed E-state index contributed by atoms with van der Waals surface area (Å²) in [5.41, 5.74) is 0. The zero-order chi connectivity index (χ0) is 15.2. The van der Waals surface area contributed by atoms with Crippen LogP contribution in [0.3, 0.4) is 0 Å². The number of nitrogens with zero attached hydrogens (tertiary/aromatic N) is 1. The fraction of sp³-hybridized carbons (Fsp3) is 1.00. The van der Waals surface area contributed by atoms with E-state index in [1.165, 1.54) is 6.42 Å². The van der Waals surface area contributed by atoms with Crippen LogP contribution in [0.25, 0.3) is 0 Å². The second-order valence-electron chi connectivity index (χ2n) is 5.52. The molecule has 0 aromatic rings. The normalized spacial score (nSPS) is 37.1. The van der Waals surface area contributed by atoms with Crippen molar-refractivity contribution in [1.29, 1.82) is 0 Å². The summed E-state index contributed by atoms with van der Waals surface area (Å²) in [6.07, 6.45) is 1.50. The lowest BCUT2D eigenvalue weighted by atomic mass is 9.94. The summed E-state index contributed by atoms with van der Waals surface area (Å²) in [6, 6.07) is 1.26. The maximum absolute atomic E-state index is 5.95. The Bertz CT molecular complexity index is 243. The van der Waals surface area contributed by atoms with Gasteiger partial charge in [-0.3, -0.25) is 0 Å². The van der Waals surface area contributed by atoms with E-state index in [-0.39, 0.29) is 11.9 Å². The molecule has 0 aromatic carbocycles. The van der Waals surface area contributed by atoms with Gasteiger partial charge in [-0.2, -0.15) is 0 Å². The molecular formula is C16H35NO2. The smallest absolute Gasteiger partial charge is 0.163 e. The Labute approximate surface area is 120 Å². The lowest BCUT2D eigenvalue weighted by Crippen LogP contribution is -2.35. The Hall–Kier alpha value is -0.120. The second-order valence-corrected chi connectivity index (χ2v) is 5.52. The molecule has 2 saturated heterocycles. The highest BCUT2D eigenvalue weighted by molar-refractivity contribution is 4.93. The molecule has 116 valence electrons. The quantitative estimate of drug-likeness (QED) is 0.723. The number of hydrogen-bond donors (Lipinski definition) is 0. The molecule has 0 bridgehead atoms. The molecule has 4 atom stereocenters. The van der Waals surface area contributed by atoms with Gasteiger partial charge in [0.2, 0.25) is 0 Å². The van der Waals surface area contributed by atoms with Gasteiger partial charge in [0.25, 0.3) is 0 Å². The van der Waals surface area contributed by atoms with E-state index in [1.807, 2.05) is 41.5 Å². The summed E-state index contributed by atoms with van der Waals surface area (Å²) in [7, 11) is 2.20. The molecule has 0 radical (unpaired) electrons. The van der Waals surface area contributed by atoms with Crippen LogP contribution >= 0.6 is 0 Å². The fourth-order valence-corrected chi connectivity index (χ4v) is 2.85. The van der Waals surface area contributed by atoms with Crippen LogP contribution in [0.5, 0.6) is 0 Å². The molecule has 0 saturated carbocycles. The van der Waals surface area contributed by atoms with Crippen LogP contribution in [0.4, 0.5) is 0 Å². The van der Waals surface area contributed by atoms with Crippen LogP contribution in [0.1, 0.15) is 61.8 Å². The van der Waals surface area contributed by atoms with E-state index in [1.54, 1.807) is 0 Å². The molecule has 19 heavy (non-hydrogen) atoms. The standard InChI is InChI=1S/C12H23NO2.2C2H6/c1-8-6-10(9(2)13(8)5)11-7-14-12(3,4)15-11;2*1-2/h8-11H,6-7H2,1-5H3;2*1-2H3/t8?,9-,10?,11?;;/m1../s1. The summed E-state index contributed by atoms with van der Waals surface area (Å²) >= 11 is 0. The van der Waals surface area contributed by atoms with Gasteiger partial charge in [0.1, 0.15) is 0 Å². The van der Waals surface area contributed by atoms with Gasteiger partial charge in [0, 0.05) is 18.0 Å². The van der Waals surface area contributed by atoms with Crippen LogP contribution in [0.2, 0.25) is 0 Å². The van der Waals surface area contributed by atoms with Gasteiger partial charge in [0.15, 0.2) is 5.79 Å². The van der Waals surface area contributed by atoms with Gasteiger partial charge < -0.3 is 14.4 Å². The minimum Gasteiger partial charge on any atom is -0.348 e. The predicted octanol–water partition coefficient (Wildman–Crippen LogP) is 3.92. The first kappa shape index (κ1) is 18.9. The Morgan fingerprint density at radius 2 is 1.58 bits per heavy atom. The summed E-state index contributed by atoms with van der Waals surface area (Å²) in [6.45, 7) is 17.3. The van der Waals surface area contributed by atoms with Gasteiger partial charge in [-0.05, 0) is 41.2 Å². The molecular weight excluding hydrogens is 238 g/mol. The van der Waals surface area contributed by atoms with E-state index in [0.717, 1.165) is 6.61 Å². The van der Waals surface area contributed by atoms with Gasteiger partial charge in [-0.25, -0.2) is 0 Å². The number of hydrogen-bond acceptors (Lipinski definition) is 3. The van der Waals surface area contributed by atoms with Crippen molar-refractivity contribution in [3.05, 3.63) is 0 Å². The van der Waals surface area contributed by atoms with Gasteiger partial charge >= 0.3 is 0 Å². The average Bonchev–Trinajstić information content (AvgIpc) is 2.89. The SMILES string of the molecule is CC.CC.CC1CC(C2COC(C)(C)O2)[C@@H](C)N1C. The van der Waals surface area contributed by atoms with Crippen LogP contribution in [0, 0.1) is 5.92 Å². The van der Waals surface area contributed by atoms with E-state index >= 15 is 0 Å². The Morgan fingerprint density at radius 1 is 1.05 bits per heavy atom. The lowest BCUT2D eigenvalue weighted by molar-refractivity contribution is -0.145. The van der Waals surface area contributed by atoms with Crippen molar-refractivity contribution < 1.29 is 9.47 Å². The Kier molecular flexibility index (Phi) is 8.18. The summed E-state index contributed by atoms with van der Waals surface area (Å²) in [4.78, 5) is 2.44. The molecule has 3 unspecified atom stereocenters. The molecule has 0 spiro atoms. The van der Waals surface area contributed by atoms with E-state index in [2.05, 4.69) is 25.8 Å². The average molecular weight is 273 g/mol. The third-order valence-electron chi connectivity index (χ3n) is 4.08. The van der Waals surface area contributed by atoms with Crippen molar-refractivity contribution in [3.63, 3.8) is 0 Å². The second kappa shape index (κ2) is 8.23. The third-order valence-corrected chi connectivity index (χ3v) is 4.08. The molecule has 2 fully saturated rings. The first-order valence-corrected chi connectivity index (χ1v) is 7.94. The summed E-state index contributed by atoms with van der Waals surface area (Å²) < 4.78 is 11.6. The molecule has 2 aliphatic heterocycles. The predicted molar refractivity (Wildman–Crippen MR) is 82.4 cm³/mol. The minimum atomic E-state index is -0.380. The maximum Gasteiger partial charge on any atom is 0.163 e. The van der Waals surface area contributed by atoms with Gasteiger partial charge in [0.05, 0.1) is 12.7 Å². The molecule has 2 heterocycles. The van der Waals surface area contributed by atoms with Crippen LogP contribution in [-0.4, -0.2) is 42.5 Å². The molecule has 0 aliphatic carbocycles. The van der Waals surface area contributed by atoms with E-state index in [9.17, 15) is 0 Å². The van der Waals surface area contributed by atoms with Crippen molar-refractivity contribution in [2.24, 2.45) is 5.92 Å². The third kappa shape index (κ3) is 4.73. The Morgan fingerprint density at radius 3 is 1.89 bits per heavy atom. The minimum absolute atomic E-state index is 0.280. The molecule has 2 aliphatic rings. The van der Waals surface area contributed by atoms with Crippen molar-refractivity contribution in [1.82, 2.24) is 4.90 Å². The van der Waals surface area contributed by atoms with Crippen molar-refractivity contribution in [2.45, 2.75) is 85.8 Å². The molecule has 3 heteroatoms. The molecule has 0 amide bonds. The zero-order valence-electron chi connectivity index (χ0n) is 14.5. The fourth-order valence-electron chi connectivity index (χ4n) is 2.85. The largest absolute Gasteiger partial charge is 0.348 e. The highest BCUT2D eigenvalue weighted by atomic mass is 16.7. The highest BCUT2D eigenvalue weighted by Gasteiger charge is 2.44. The number of likely N-dealkylation sites (tertiary alicyclic amines) is 1. The topological polar surface area (TPSA) is 21.7 Å². The van der Waals surface area contributed by atoms with Gasteiger partial charge in [-0.15, -0.1) is 0 Å². The number of ether oxygens (including phenoxy) is 2. The molecule has 0 N–H and O–H groups in total. The zero-order valence-corrected chi connectivity index (χ0v) is 14.5. The van der Waals surface area contributed by atoms with E-state index in [0.29, 0.717) is 18.0 Å². The first-order chi connectivity index (χ1) is 8.91. The van der Waals surface area contributed by atoms with Crippen molar-refractivity contribution in [2.75, 3.05) is 13.7 Å². The van der Waals surface area contributed by atoms with Crippen LogP contribution in [-0.2, 0) is 9.47 Å². The number of rotatable bonds is 1. The monoisotopic (exact) mass is 273 g/mol. The van der Waals surface area contributed by atoms with Crippen molar-refractivity contribution in [3.8, 4) is 0 Å². The maximum atomic E-state index is 5.95. The van der Waals surface area contributed by atoms with E-state index in [4.69, 9.17) is 9.47 Å². The van der Waals surface area contributed by atoms with E-state index < -0.39 is 0 Å². The first-order valence-electron chi connectivity index (χ1n) is 7.94. The molecule has 0 aromatic heterocycles. The summed E-state index contributed by atoms with van der Waals surface area (Å²) in [5, 5.41) is 0. The van der Waals surface area contributed by atoms with Gasteiger partial charge in [-0.1, -0.05) is 27.7 Å². The van der Waals surface area contributed by atoms with Crippen molar-refractivity contribution >= 4 is 0 Å². The lowest BCUT2D eigenvalue weighted by Gasteiger charge is -2.26. The summed E-state index contributed by atoms with van der Waals surface area (Å²) in [5.74, 6) is 0.237.